The quantitative estimate of drug-likeness (QED) is 0.199. The van der Waals surface area contributed by atoms with E-state index >= 15 is 4.11 Å². The average Bonchev–Trinajstić information content (AvgIpc) is 3.31. The van der Waals surface area contributed by atoms with E-state index in [1.165, 1.54) is 5.56 Å². The maximum Gasteiger partial charge on any atom is 0.246 e. The van der Waals surface area contributed by atoms with Crippen molar-refractivity contribution in [3.05, 3.63) is 95.6 Å². The molecule has 0 unspecified atom stereocenters. The molecule has 2 heterocycles. The Morgan fingerprint density at radius 2 is 1.72 bits per heavy atom. The monoisotopic (exact) mass is 602 g/mol. The summed E-state index contributed by atoms with van der Waals surface area (Å²) in [6.45, 7) is 5.97. The van der Waals surface area contributed by atoms with E-state index in [-0.39, 0.29) is 48.9 Å². The fourth-order valence-electron chi connectivity index (χ4n) is 6.96. The summed E-state index contributed by atoms with van der Waals surface area (Å²) in [5.41, 5.74) is 4.74. The molecule has 0 spiro atoms. The SMILES string of the molecule is C[C@H]1[C@H]([Si](C)(C)F)[C@@H](CC(=O)N(CCO)Cc2ccccc2)O[C@H]1CCc1cccc(N2C(=O)CCc3ccccc32)c1. The standard InChI is InChI=1S/C35H43FN2O4Si/c1-25-31(18-16-26-12-9-14-29(22-26)38-30-15-8-7-13-28(30)17-19-33(38)40)42-32(35(25)43(2,3)36)23-34(41)37(20-21-39)24-27-10-5-4-6-11-27/h4-15,22,25,31-32,35,39H,16-21,23-24H2,1-3H3/t25-,31+,32-,35+/m1/s1. The molecular formula is C35H43FN2O4Si. The molecule has 0 aliphatic carbocycles. The summed E-state index contributed by atoms with van der Waals surface area (Å²) >= 11 is 0. The van der Waals surface area contributed by atoms with Crippen LogP contribution in [0, 0.1) is 5.92 Å². The third-order valence-corrected chi connectivity index (χ3v) is 11.5. The molecule has 0 bridgehead atoms. The van der Waals surface area contributed by atoms with Gasteiger partial charge in [0.15, 0.2) is 0 Å². The lowest BCUT2D eigenvalue weighted by molar-refractivity contribution is -0.135. The molecule has 0 aromatic heterocycles. The Balaban J connectivity index is 1.28. The average molecular weight is 603 g/mol. The zero-order chi connectivity index (χ0) is 30.6. The molecule has 5 rings (SSSR count). The number of amides is 2. The number of para-hydroxylation sites is 1. The first-order chi connectivity index (χ1) is 20.7. The highest BCUT2D eigenvalue weighted by Gasteiger charge is 2.51. The molecule has 4 atom stereocenters. The Morgan fingerprint density at radius 3 is 2.47 bits per heavy atom. The summed E-state index contributed by atoms with van der Waals surface area (Å²) in [5, 5.41) is 9.63. The lowest BCUT2D eigenvalue weighted by atomic mass is 9.94. The Bertz CT molecular complexity index is 1410. The molecule has 8 heteroatoms. The van der Waals surface area contributed by atoms with Crippen molar-refractivity contribution in [2.45, 2.75) is 76.4 Å². The van der Waals surface area contributed by atoms with Crippen LogP contribution in [0.1, 0.15) is 42.9 Å². The summed E-state index contributed by atoms with van der Waals surface area (Å²) in [6.07, 6.45) is 2.09. The van der Waals surface area contributed by atoms with Gasteiger partial charge >= 0.3 is 0 Å². The summed E-state index contributed by atoms with van der Waals surface area (Å²) in [4.78, 5) is 29.9. The van der Waals surface area contributed by atoms with E-state index in [4.69, 9.17) is 4.74 Å². The van der Waals surface area contributed by atoms with E-state index in [1.54, 1.807) is 18.0 Å². The van der Waals surface area contributed by atoms with Crippen LogP contribution < -0.4 is 4.90 Å². The van der Waals surface area contributed by atoms with E-state index < -0.39 is 14.5 Å². The van der Waals surface area contributed by atoms with Crippen LogP contribution >= 0.6 is 0 Å². The molecule has 1 N–H and O–H groups in total. The number of halogens is 1. The maximum absolute atomic E-state index is 15.8. The smallest absolute Gasteiger partial charge is 0.246 e. The van der Waals surface area contributed by atoms with Gasteiger partial charge in [0, 0.05) is 30.7 Å². The van der Waals surface area contributed by atoms with Gasteiger partial charge in [0.1, 0.15) is 0 Å². The lowest BCUT2D eigenvalue weighted by Gasteiger charge is -2.30. The molecule has 6 nitrogen and oxygen atoms in total. The second-order valence-corrected chi connectivity index (χ2v) is 16.3. The summed E-state index contributed by atoms with van der Waals surface area (Å²) in [7, 11) is -3.16. The minimum Gasteiger partial charge on any atom is -0.395 e. The van der Waals surface area contributed by atoms with Gasteiger partial charge in [-0.1, -0.05) is 67.6 Å². The molecule has 2 aliphatic rings. The first-order valence-electron chi connectivity index (χ1n) is 15.4. The van der Waals surface area contributed by atoms with Gasteiger partial charge in [-0.25, -0.2) is 0 Å². The number of benzene rings is 3. The van der Waals surface area contributed by atoms with Gasteiger partial charge in [-0.2, -0.15) is 0 Å². The molecule has 0 radical (unpaired) electrons. The third-order valence-electron chi connectivity index (χ3n) is 8.99. The van der Waals surface area contributed by atoms with Crippen LogP contribution in [0.2, 0.25) is 18.6 Å². The van der Waals surface area contributed by atoms with E-state index in [9.17, 15) is 14.7 Å². The van der Waals surface area contributed by atoms with Crippen molar-refractivity contribution in [3.63, 3.8) is 0 Å². The molecular weight excluding hydrogens is 559 g/mol. The van der Waals surface area contributed by atoms with Crippen molar-refractivity contribution in [1.82, 2.24) is 4.90 Å². The first kappa shape index (κ1) is 31.1. The van der Waals surface area contributed by atoms with Crippen LogP contribution in [0.15, 0.2) is 78.9 Å². The predicted octanol–water partition coefficient (Wildman–Crippen LogP) is 6.59. The molecule has 2 aliphatic heterocycles. The molecule has 2 amide bonds. The van der Waals surface area contributed by atoms with Gasteiger partial charge in [0.25, 0.3) is 0 Å². The Kier molecular flexibility index (Phi) is 9.79. The van der Waals surface area contributed by atoms with Crippen molar-refractivity contribution >= 4 is 31.6 Å². The maximum atomic E-state index is 15.8. The second-order valence-electron chi connectivity index (χ2n) is 12.5. The van der Waals surface area contributed by atoms with Crippen molar-refractivity contribution in [3.8, 4) is 0 Å². The summed E-state index contributed by atoms with van der Waals surface area (Å²) in [5.74, 6) is -0.0570. The predicted molar refractivity (Wildman–Crippen MR) is 170 cm³/mol. The number of rotatable bonds is 11. The summed E-state index contributed by atoms with van der Waals surface area (Å²) < 4.78 is 22.3. The number of hydrogen-bond acceptors (Lipinski definition) is 4. The van der Waals surface area contributed by atoms with Crippen LogP contribution in [0.4, 0.5) is 15.5 Å². The van der Waals surface area contributed by atoms with Gasteiger partial charge in [-0.05, 0) is 73.2 Å². The fraction of sp³-hybridized carbons (Fsp3) is 0.429. The fourth-order valence-corrected chi connectivity index (χ4v) is 9.51. The number of aliphatic hydroxyl groups excluding tert-OH is 1. The third kappa shape index (κ3) is 7.25. The van der Waals surface area contributed by atoms with Gasteiger partial charge in [0.05, 0.1) is 30.9 Å². The number of carbonyl (C=O) groups is 2. The molecule has 228 valence electrons. The highest BCUT2D eigenvalue weighted by atomic mass is 28.4. The van der Waals surface area contributed by atoms with Gasteiger partial charge in [0.2, 0.25) is 20.2 Å². The van der Waals surface area contributed by atoms with Gasteiger partial charge in [-0.3, -0.25) is 14.5 Å². The zero-order valence-electron chi connectivity index (χ0n) is 25.4. The van der Waals surface area contributed by atoms with Gasteiger partial charge in [-0.15, -0.1) is 0 Å². The number of hydrogen-bond donors (Lipinski definition) is 1. The van der Waals surface area contributed by atoms with Crippen LogP contribution in [0.5, 0.6) is 0 Å². The van der Waals surface area contributed by atoms with Gasteiger partial charge < -0.3 is 18.9 Å². The number of carbonyl (C=O) groups excluding carboxylic acids is 2. The van der Waals surface area contributed by atoms with E-state index in [0.717, 1.165) is 35.3 Å². The Labute approximate surface area is 255 Å². The topological polar surface area (TPSA) is 70.1 Å². The van der Waals surface area contributed by atoms with Crippen molar-refractivity contribution in [2.75, 3.05) is 18.1 Å². The molecule has 1 saturated heterocycles. The van der Waals surface area contributed by atoms with Crippen molar-refractivity contribution < 1.29 is 23.5 Å². The molecule has 3 aromatic carbocycles. The van der Waals surface area contributed by atoms with Crippen LogP contribution in [0.25, 0.3) is 0 Å². The second kappa shape index (κ2) is 13.5. The van der Waals surface area contributed by atoms with E-state index in [2.05, 4.69) is 25.1 Å². The summed E-state index contributed by atoms with van der Waals surface area (Å²) in [6, 6.07) is 25.8. The Hall–Kier alpha value is -3.33. The number of anilines is 2. The molecule has 0 saturated carbocycles. The zero-order valence-corrected chi connectivity index (χ0v) is 26.4. The number of aryl methyl sites for hydroxylation is 2. The van der Waals surface area contributed by atoms with Crippen molar-refractivity contribution in [1.29, 1.82) is 0 Å². The number of nitrogens with zero attached hydrogens (tertiary/aromatic N) is 2. The lowest BCUT2D eigenvalue weighted by Crippen LogP contribution is -2.40. The Morgan fingerprint density at radius 1 is 1.00 bits per heavy atom. The van der Waals surface area contributed by atoms with E-state index in [0.29, 0.717) is 19.4 Å². The highest BCUT2D eigenvalue weighted by Crippen LogP contribution is 2.47. The van der Waals surface area contributed by atoms with Crippen LogP contribution in [-0.2, 0) is 33.7 Å². The number of fused-ring (bicyclic) bond motifs is 1. The molecule has 1 fully saturated rings. The molecule has 43 heavy (non-hydrogen) atoms. The minimum absolute atomic E-state index is 0.0244. The van der Waals surface area contributed by atoms with Crippen LogP contribution in [-0.4, -0.2) is 55.6 Å². The minimum atomic E-state index is -3.16. The molecule has 3 aromatic rings. The first-order valence-corrected chi connectivity index (χ1v) is 18.4. The van der Waals surface area contributed by atoms with E-state index in [1.807, 2.05) is 65.6 Å². The largest absolute Gasteiger partial charge is 0.395 e. The number of aliphatic hydroxyl groups is 1. The van der Waals surface area contributed by atoms with Crippen LogP contribution in [0.3, 0.4) is 0 Å². The normalized spacial score (nSPS) is 22.0. The van der Waals surface area contributed by atoms with Crippen molar-refractivity contribution in [2.24, 2.45) is 5.92 Å². The number of ether oxygens (including phenoxy) is 1. The highest BCUT2D eigenvalue weighted by molar-refractivity contribution is 6.72.